The third kappa shape index (κ3) is 20.6. The molecule has 1 rings (SSSR count). The van der Waals surface area contributed by atoms with E-state index in [1.54, 1.807) is 0 Å². The number of hydrogen-bond acceptors (Lipinski definition) is 0. The molecule has 0 spiro atoms. The van der Waals surface area contributed by atoms with Gasteiger partial charge < -0.3 is 30.5 Å². The SMILES string of the molecule is CC(C)(C)[NH-].Cc1cc[cH-]c1C.[Cl-].[Cl-].[Ti+4]. The molecule has 0 heterocycles. The molecule has 0 atom stereocenters. The molecule has 1 nitrogen and oxygen atoms in total. The zero-order chi connectivity index (χ0) is 9.78. The summed E-state index contributed by atoms with van der Waals surface area (Å²) in [7, 11) is 0. The normalized spacial score (nSPS) is 8.40. The van der Waals surface area contributed by atoms with Gasteiger partial charge >= 0.3 is 21.7 Å². The molecule has 0 unspecified atom stereocenters. The fourth-order valence-corrected chi connectivity index (χ4v) is 0.600. The largest absolute Gasteiger partial charge is 4.00 e. The van der Waals surface area contributed by atoms with Crippen LogP contribution in [0.2, 0.25) is 0 Å². The summed E-state index contributed by atoms with van der Waals surface area (Å²) in [5.41, 5.74) is 9.47. The number of nitrogens with one attached hydrogen (secondary N) is 1. The molecule has 0 saturated heterocycles. The molecule has 0 aliphatic heterocycles. The fraction of sp³-hybridized carbons (Fsp3) is 0.545. The van der Waals surface area contributed by atoms with Crippen molar-refractivity contribution >= 4 is 0 Å². The summed E-state index contributed by atoms with van der Waals surface area (Å²) < 4.78 is 0. The van der Waals surface area contributed by atoms with Crippen LogP contribution in [0.3, 0.4) is 0 Å². The Hall–Kier alpha value is 0.604. The van der Waals surface area contributed by atoms with E-state index >= 15 is 0 Å². The Bertz CT molecular complexity index is 206. The van der Waals surface area contributed by atoms with Crippen molar-refractivity contribution in [1.82, 2.24) is 0 Å². The Morgan fingerprint density at radius 3 is 1.53 bits per heavy atom. The maximum atomic E-state index is 6.94. The van der Waals surface area contributed by atoms with Gasteiger partial charge in [-0.1, -0.05) is 34.6 Å². The van der Waals surface area contributed by atoms with E-state index in [1.165, 1.54) is 11.1 Å². The molecule has 0 radical (unpaired) electrons. The van der Waals surface area contributed by atoms with Crippen molar-refractivity contribution in [2.45, 2.75) is 40.2 Å². The minimum absolute atomic E-state index is 0. The smallest absolute Gasteiger partial charge is 1.00 e. The molecule has 86 valence electrons. The molecule has 1 aromatic carbocycles. The van der Waals surface area contributed by atoms with Gasteiger partial charge in [0.2, 0.25) is 0 Å². The van der Waals surface area contributed by atoms with E-state index in [-0.39, 0.29) is 52.1 Å². The second-order valence-corrected chi connectivity index (χ2v) is 4.14. The summed E-state index contributed by atoms with van der Waals surface area (Å²) in [6.07, 6.45) is 0. The van der Waals surface area contributed by atoms with Gasteiger partial charge in [0.25, 0.3) is 0 Å². The number of hydrogen-bond donors (Lipinski definition) is 0. The zero-order valence-corrected chi connectivity index (χ0v) is 13.1. The van der Waals surface area contributed by atoms with Crippen LogP contribution >= 0.6 is 0 Å². The van der Waals surface area contributed by atoms with Gasteiger partial charge in [0.1, 0.15) is 0 Å². The van der Waals surface area contributed by atoms with E-state index < -0.39 is 0 Å². The van der Waals surface area contributed by atoms with Crippen LogP contribution in [0.15, 0.2) is 18.2 Å². The zero-order valence-electron chi connectivity index (χ0n) is 9.99. The van der Waals surface area contributed by atoms with Crippen LogP contribution in [-0.4, -0.2) is 5.54 Å². The van der Waals surface area contributed by atoms with Gasteiger partial charge in [-0.05, 0) is 0 Å². The quantitative estimate of drug-likeness (QED) is 0.384. The molecule has 0 aromatic heterocycles. The third-order valence-electron chi connectivity index (χ3n) is 1.31. The monoisotopic (exact) mass is 283 g/mol. The third-order valence-corrected chi connectivity index (χ3v) is 1.31. The second kappa shape index (κ2) is 11.1. The summed E-state index contributed by atoms with van der Waals surface area (Å²) in [6, 6.07) is 6.31. The second-order valence-electron chi connectivity index (χ2n) is 4.14. The molecule has 1 N–H and O–H groups in total. The number of rotatable bonds is 0. The molecule has 0 aliphatic rings. The summed E-state index contributed by atoms with van der Waals surface area (Å²) in [6.45, 7) is 9.80. The van der Waals surface area contributed by atoms with E-state index in [9.17, 15) is 0 Å². The van der Waals surface area contributed by atoms with Gasteiger partial charge in [-0.25, -0.2) is 6.07 Å². The van der Waals surface area contributed by atoms with Gasteiger partial charge in [-0.15, -0.1) is 5.54 Å². The molecular weight excluding hydrogens is 265 g/mol. The Morgan fingerprint density at radius 2 is 1.47 bits per heavy atom. The summed E-state index contributed by atoms with van der Waals surface area (Å²) in [5.74, 6) is 0. The number of halogens is 2. The summed E-state index contributed by atoms with van der Waals surface area (Å²) >= 11 is 0. The van der Waals surface area contributed by atoms with Crippen molar-refractivity contribution in [3.63, 3.8) is 0 Å². The molecule has 0 saturated carbocycles. The van der Waals surface area contributed by atoms with E-state index in [2.05, 4.69) is 32.0 Å². The van der Waals surface area contributed by atoms with Crippen LogP contribution < -0.4 is 24.8 Å². The molecule has 0 amide bonds. The standard InChI is InChI=1S/C7H9.C4H10N.2ClH.Ti/c1-6-4-3-5-7(6)2;1-4(2,3)5;;;/h3-5H,1-2H3;5H,1-3H3;2*1H;/q2*-1;;;+4/p-2. The van der Waals surface area contributed by atoms with Crippen LogP contribution in [0, 0.1) is 13.8 Å². The van der Waals surface area contributed by atoms with Crippen LogP contribution in [0.5, 0.6) is 0 Å². The molecule has 0 bridgehead atoms. The van der Waals surface area contributed by atoms with Crippen molar-refractivity contribution in [3.8, 4) is 0 Å². The average molecular weight is 284 g/mol. The summed E-state index contributed by atoms with van der Waals surface area (Å²) in [4.78, 5) is 0. The molecule has 0 aliphatic carbocycles. The van der Waals surface area contributed by atoms with Gasteiger partial charge in [0.05, 0.1) is 0 Å². The Kier molecular flexibility index (Phi) is 18.3. The number of aryl methyl sites for hydroxylation is 2. The van der Waals surface area contributed by atoms with Crippen molar-refractivity contribution in [1.29, 1.82) is 0 Å². The molecule has 15 heavy (non-hydrogen) atoms. The predicted octanol–water partition coefficient (Wildman–Crippen LogP) is -2.14. The van der Waals surface area contributed by atoms with E-state index in [0.717, 1.165) is 0 Å². The van der Waals surface area contributed by atoms with Gasteiger partial charge in [-0.2, -0.15) is 23.3 Å². The van der Waals surface area contributed by atoms with Crippen LogP contribution in [0.4, 0.5) is 0 Å². The first kappa shape index (κ1) is 24.7. The van der Waals surface area contributed by atoms with Crippen LogP contribution in [-0.2, 0) is 21.7 Å². The van der Waals surface area contributed by atoms with Crippen LogP contribution in [0.1, 0.15) is 31.9 Å². The topological polar surface area (TPSA) is 23.8 Å². The maximum absolute atomic E-state index is 6.94. The van der Waals surface area contributed by atoms with E-state index in [0.29, 0.717) is 0 Å². The van der Waals surface area contributed by atoms with Crippen molar-refractivity contribution in [2.24, 2.45) is 0 Å². The maximum Gasteiger partial charge on any atom is 4.00 e. The van der Waals surface area contributed by atoms with Crippen molar-refractivity contribution in [3.05, 3.63) is 35.1 Å². The minimum atomic E-state index is -0.250. The fourth-order valence-electron chi connectivity index (χ4n) is 0.600. The average Bonchev–Trinajstić information content (AvgIpc) is 2.12. The Labute approximate surface area is 121 Å². The van der Waals surface area contributed by atoms with Gasteiger partial charge in [-0.3, -0.25) is 0 Å². The van der Waals surface area contributed by atoms with Gasteiger partial charge in [0.15, 0.2) is 0 Å². The van der Waals surface area contributed by atoms with E-state index in [1.807, 2.05) is 20.8 Å². The molecule has 1 aromatic rings. The molecular formula is C11H19Cl2NTi. The molecule has 0 fully saturated rings. The Balaban J connectivity index is -0.0000000701. The first-order valence-corrected chi connectivity index (χ1v) is 4.24. The van der Waals surface area contributed by atoms with E-state index in [4.69, 9.17) is 5.73 Å². The van der Waals surface area contributed by atoms with Crippen molar-refractivity contribution in [2.75, 3.05) is 0 Å². The van der Waals surface area contributed by atoms with Gasteiger partial charge in [0, 0.05) is 0 Å². The minimum Gasteiger partial charge on any atom is -1.00 e. The Morgan fingerprint density at radius 1 is 1.13 bits per heavy atom. The first-order valence-electron chi connectivity index (χ1n) is 4.24. The summed E-state index contributed by atoms with van der Waals surface area (Å²) in [5, 5.41) is 0. The predicted molar refractivity (Wildman–Crippen MR) is 55.6 cm³/mol. The van der Waals surface area contributed by atoms with Crippen molar-refractivity contribution < 1.29 is 46.5 Å². The van der Waals surface area contributed by atoms with Crippen LogP contribution in [0.25, 0.3) is 5.73 Å². The first-order chi connectivity index (χ1) is 5.30. The molecule has 4 heteroatoms.